The molecule has 0 radical (unpaired) electrons. The number of H-pyrrole nitrogens is 1. The zero-order valence-corrected chi connectivity index (χ0v) is 12.4. The summed E-state index contributed by atoms with van der Waals surface area (Å²) in [6, 6.07) is 11.6. The zero-order valence-electron chi connectivity index (χ0n) is 12.4. The van der Waals surface area contributed by atoms with Crippen molar-refractivity contribution < 1.29 is 10.2 Å². The van der Waals surface area contributed by atoms with Crippen molar-refractivity contribution in [2.45, 2.75) is 12.8 Å². The van der Waals surface area contributed by atoms with Crippen molar-refractivity contribution in [2.24, 2.45) is 0 Å². The molecule has 0 saturated carbocycles. The number of fused-ring (bicyclic) bond motifs is 1. The quantitative estimate of drug-likeness (QED) is 0.676. The van der Waals surface area contributed by atoms with Crippen LogP contribution in [0.5, 0.6) is 0 Å². The Hall–Kier alpha value is -2.44. The van der Waals surface area contributed by atoms with E-state index in [1.54, 1.807) is 6.20 Å². The minimum absolute atomic E-state index is 0.0716. The molecule has 0 aliphatic carbocycles. The second kappa shape index (κ2) is 7.53. The molecule has 6 heteroatoms. The summed E-state index contributed by atoms with van der Waals surface area (Å²) in [5.74, 6) is 0. The predicted octanol–water partition coefficient (Wildman–Crippen LogP) is 1.22. The first-order chi connectivity index (χ1) is 10.8. The average molecular weight is 301 g/mol. The van der Waals surface area contributed by atoms with Gasteiger partial charge in [0.15, 0.2) is 5.65 Å². The molecule has 3 aromatic rings. The van der Waals surface area contributed by atoms with Crippen LogP contribution in [0.4, 0.5) is 0 Å². The number of aliphatic hydroxyl groups excluding tert-OH is 2. The number of aryl methyl sites for hydroxylation is 1. The number of aliphatic hydroxyl groups is 2. The molecule has 0 atom stereocenters. The van der Waals surface area contributed by atoms with Crippen LogP contribution in [0.15, 0.2) is 47.4 Å². The monoisotopic (exact) mass is 301 g/mol. The van der Waals surface area contributed by atoms with Gasteiger partial charge in [-0.15, -0.1) is 0 Å². The van der Waals surface area contributed by atoms with Crippen LogP contribution in [-0.4, -0.2) is 38.5 Å². The summed E-state index contributed by atoms with van der Waals surface area (Å²) in [6.07, 6.45) is 2.69. The van der Waals surface area contributed by atoms with Gasteiger partial charge in [-0.2, -0.15) is 0 Å². The molecule has 0 amide bonds. The molecule has 6 nitrogen and oxygen atoms in total. The van der Waals surface area contributed by atoms with Gasteiger partial charge < -0.3 is 10.2 Å². The van der Waals surface area contributed by atoms with Gasteiger partial charge in [0, 0.05) is 31.5 Å². The molecule has 0 aliphatic rings. The molecule has 2 aromatic heterocycles. The number of aromatic nitrogens is 3. The lowest BCUT2D eigenvalue weighted by Gasteiger charge is -1.99. The van der Waals surface area contributed by atoms with Crippen molar-refractivity contribution in [3.63, 3.8) is 0 Å². The standard InChI is InChI=1S/C15H15N3O2.CH4O/c19-8-4-7-12-10-16-14-9-13(17-18(14)15(12)20)11-5-2-1-3-6-11;1-2/h1-3,5-6,9-10,17,19H,4,7-8H2;2H,1H3. The lowest BCUT2D eigenvalue weighted by molar-refractivity contribution is 0.288. The fraction of sp³-hybridized carbons (Fsp3) is 0.250. The first-order valence-corrected chi connectivity index (χ1v) is 7.00. The van der Waals surface area contributed by atoms with Crippen molar-refractivity contribution in [2.75, 3.05) is 13.7 Å². The molecule has 22 heavy (non-hydrogen) atoms. The smallest absolute Gasteiger partial charge is 0.275 e. The third-order valence-electron chi connectivity index (χ3n) is 3.25. The molecule has 116 valence electrons. The topological polar surface area (TPSA) is 90.6 Å². The molecule has 0 unspecified atom stereocenters. The Kier molecular flexibility index (Phi) is 5.46. The summed E-state index contributed by atoms with van der Waals surface area (Å²) in [6.45, 7) is 0.0716. The Morgan fingerprint density at radius 1 is 1.23 bits per heavy atom. The van der Waals surface area contributed by atoms with Crippen molar-refractivity contribution in [3.8, 4) is 11.3 Å². The summed E-state index contributed by atoms with van der Waals surface area (Å²) >= 11 is 0. The van der Waals surface area contributed by atoms with Gasteiger partial charge in [0.2, 0.25) is 0 Å². The number of rotatable bonds is 4. The number of hydrogen-bond donors (Lipinski definition) is 3. The third kappa shape index (κ3) is 3.24. The van der Waals surface area contributed by atoms with E-state index >= 15 is 0 Å². The molecule has 0 fully saturated rings. The maximum absolute atomic E-state index is 12.3. The van der Waals surface area contributed by atoms with Gasteiger partial charge in [0.05, 0.1) is 5.69 Å². The van der Waals surface area contributed by atoms with Gasteiger partial charge in [-0.05, 0) is 18.4 Å². The first kappa shape index (κ1) is 15.9. The molecule has 0 bridgehead atoms. The maximum Gasteiger partial charge on any atom is 0.275 e. The van der Waals surface area contributed by atoms with Gasteiger partial charge in [-0.25, -0.2) is 9.50 Å². The van der Waals surface area contributed by atoms with Crippen LogP contribution in [0.3, 0.4) is 0 Å². The fourth-order valence-corrected chi connectivity index (χ4v) is 2.20. The zero-order chi connectivity index (χ0) is 15.9. The van der Waals surface area contributed by atoms with Gasteiger partial charge in [0.25, 0.3) is 5.56 Å². The lowest BCUT2D eigenvalue weighted by atomic mass is 10.2. The van der Waals surface area contributed by atoms with Crippen molar-refractivity contribution in [3.05, 3.63) is 58.5 Å². The predicted molar refractivity (Wildman–Crippen MR) is 84.8 cm³/mol. The van der Waals surface area contributed by atoms with E-state index in [9.17, 15) is 4.79 Å². The Bertz CT molecular complexity index is 778. The third-order valence-corrected chi connectivity index (χ3v) is 3.25. The molecule has 0 aliphatic heterocycles. The normalized spacial score (nSPS) is 10.3. The summed E-state index contributed by atoms with van der Waals surface area (Å²) in [5.41, 5.74) is 2.97. The average Bonchev–Trinajstić information content (AvgIpc) is 3.02. The highest BCUT2D eigenvalue weighted by Gasteiger charge is 2.08. The largest absolute Gasteiger partial charge is 0.400 e. The van der Waals surface area contributed by atoms with E-state index in [2.05, 4.69) is 10.1 Å². The SMILES string of the molecule is CO.O=c1c(CCCO)cnc2cc(-c3ccccc3)[nH]n12. The highest BCUT2D eigenvalue weighted by atomic mass is 16.3. The van der Waals surface area contributed by atoms with Gasteiger partial charge in [-0.3, -0.25) is 9.89 Å². The number of nitrogens with zero attached hydrogens (tertiary/aromatic N) is 2. The maximum atomic E-state index is 12.3. The van der Waals surface area contributed by atoms with Crippen molar-refractivity contribution >= 4 is 5.65 Å². The molecular formula is C16H19N3O3. The Morgan fingerprint density at radius 3 is 2.64 bits per heavy atom. The number of hydrogen-bond acceptors (Lipinski definition) is 4. The lowest BCUT2D eigenvalue weighted by Crippen LogP contribution is -2.19. The second-order valence-corrected chi connectivity index (χ2v) is 4.65. The van der Waals surface area contributed by atoms with E-state index in [0.717, 1.165) is 18.4 Å². The van der Waals surface area contributed by atoms with E-state index in [-0.39, 0.29) is 12.2 Å². The van der Waals surface area contributed by atoms with Crippen LogP contribution < -0.4 is 5.56 Å². The summed E-state index contributed by atoms with van der Waals surface area (Å²) in [4.78, 5) is 16.6. The first-order valence-electron chi connectivity index (χ1n) is 7.00. The Balaban J connectivity index is 0.000000847. The molecule has 2 heterocycles. The number of aromatic amines is 1. The Morgan fingerprint density at radius 2 is 1.95 bits per heavy atom. The summed E-state index contributed by atoms with van der Waals surface area (Å²) < 4.78 is 1.45. The number of nitrogens with one attached hydrogen (secondary N) is 1. The fourth-order valence-electron chi connectivity index (χ4n) is 2.20. The van der Waals surface area contributed by atoms with Crippen LogP contribution >= 0.6 is 0 Å². The van der Waals surface area contributed by atoms with Gasteiger partial charge in [0.1, 0.15) is 0 Å². The molecule has 0 spiro atoms. The van der Waals surface area contributed by atoms with Gasteiger partial charge >= 0.3 is 0 Å². The van der Waals surface area contributed by atoms with E-state index in [0.29, 0.717) is 24.1 Å². The molecule has 3 rings (SSSR count). The van der Waals surface area contributed by atoms with E-state index in [1.807, 2.05) is 36.4 Å². The van der Waals surface area contributed by atoms with Crippen LogP contribution in [0.25, 0.3) is 16.9 Å². The van der Waals surface area contributed by atoms with Crippen molar-refractivity contribution in [1.82, 2.24) is 14.6 Å². The minimum atomic E-state index is -0.106. The van der Waals surface area contributed by atoms with Crippen molar-refractivity contribution in [1.29, 1.82) is 0 Å². The molecule has 3 N–H and O–H groups in total. The molecule has 0 saturated heterocycles. The van der Waals surface area contributed by atoms with Crippen LogP contribution in [0, 0.1) is 0 Å². The second-order valence-electron chi connectivity index (χ2n) is 4.65. The molecule has 1 aromatic carbocycles. The van der Waals surface area contributed by atoms with Crippen LogP contribution in [-0.2, 0) is 6.42 Å². The Labute approximate surface area is 127 Å². The van der Waals surface area contributed by atoms with Crippen LogP contribution in [0.2, 0.25) is 0 Å². The molecular weight excluding hydrogens is 282 g/mol. The van der Waals surface area contributed by atoms with E-state index < -0.39 is 0 Å². The summed E-state index contributed by atoms with van der Waals surface area (Å²) in [7, 11) is 1.00. The van der Waals surface area contributed by atoms with E-state index in [4.69, 9.17) is 10.2 Å². The van der Waals surface area contributed by atoms with Gasteiger partial charge in [-0.1, -0.05) is 30.3 Å². The van der Waals surface area contributed by atoms with Crippen LogP contribution in [0.1, 0.15) is 12.0 Å². The highest BCUT2D eigenvalue weighted by molar-refractivity contribution is 5.63. The highest BCUT2D eigenvalue weighted by Crippen LogP contribution is 2.17. The van der Waals surface area contributed by atoms with E-state index in [1.165, 1.54) is 4.52 Å². The number of benzene rings is 1. The minimum Gasteiger partial charge on any atom is -0.400 e. The summed E-state index contributed by atoms with van der Waals surface area (Å²) in [5, 5.41) is 18.9.